The van der Waals surface area contributed by atoms with Gasteiger partial charge < -0.3 is 10.2 Å². The zero-order valence-corrected chi connectivity index (χ0v) is 14.9. The second-order valence-corrected chi connectivity index (χ2v) is 6.35. The molecule has 0 saturated carbocycles. The van der Waals surface area contributed by atoms with Gasteiger partial charge in [0.25, 0.3) is 0 Å². The SMILES string of the molecule is CCN(CC)CCC(c1ccc(C(F)(F)F)cc1F)N1CCNCC1. The van der Waals surface area contributed by atoms with Gasteiger partial charge in [0.2, 0.25) is 0 Å². The third kappa shape index (κ3) is 5.39. The third-order valence-corrected chi connectivity index (χ3v) is 4.89. The van der Waals surface area contributed by atoms with Crippen molar-refractivity contribution < 1.29 is 17.6 Å². The summed E-state index contributed by atoms with van der Waals surface area (Å²) in [6.45, 7) is 9.90. The van der Waals surface area contributed by atoms with E-state index < -0.39 is 17.6 Å². The molecule has 0 amide bonds. The summed E-state index contributed by atoms with van der Waals surface area (Å²) in [5.74, 6) is -0.766. The molecule has 1 aromatic rings. The number of piperazine rings is 1. The highest BCUT2D eigenvalue weighted by Crippen LogP contribution is 2.33. The van der Waals surface area contributed by atoms with Crippen LogP contribution in [0, 0.1) is 5.82 Å². The van der Waals surface area contributed by atoms with Crippen molar-refractivity contribution in [2.45, 2.75) is 32.5 Å². The van der Waals surface area contributed by atoms with E-state index in [9.17, 15) is 17.6 Å². The van der Waals surface area contributed by atoms with Crippen molar-refractivity contribution in [3.63, 3.8) is 0 Å². The van der Waals surface area contributed by atoms with Crippen LogP contribution in [0.1, 0.15) is 37.4 Å². The normalized spacial score (nSPS) is 17.9. The van der Waals surface area contributed by atoms with Crippen molar-refractivity contribution in [2.75, 3.05) is 45.8 Å². The maximum atomic E-state index is 14.5. The summed E-state index contributed by atoms with van der Waals surface area (Å²) in [4.78, 5) is 4.42. The number of rotatable bonds is 7. The number of benzene rings is 1. The fourth-order valence-corrected chi connectivity index (χ4v) is 3.35. The van der Waals surface area contributed by atoms with Crippen LogP contribution in [0.5, 0.6) is 0 Å². The molecule has 0 aliphatic carbocycles. The molecule has 0 radical (unpaired) electrons. The molecule has 1 atom stereocenters. The highest BCUT2D eigenvalue weighted by molar-refractivity contribution is 5.29. The maximum absolute atomic E-state index is 14.5. The first kappa shape index (κ1) is 20.1. The van der Waals surface area contributed by atoms with Gasteiger partial charge in [0, 0.05) is 37.8 Å². The molecular weight excluding hydrogens is 334 g/mol. The number of nitrogens with one attached hydrogen (secondary N) is 1. The molecule has 2 rings (SSSR count). The van der Waals surface area contributed by atoms with Crippen LogP contribution < -0.4 is 5.32 Å². The molecule has 1 aromatic carbocycles. The highest BCUT2D eigenvalue weighted by atomic mass is 19.4. The Bertz CT molecular complexity index is 538. The number of nitrogens with zero attached hydrogens (tertiary/aromatic N) is 2. The molecule has 1 unspecified atom stereocenters. The van der Waals surface area contributed by atoms with Gasteiger partial charge in [0.15, 0.2) is 0 Å². The summed E-state index contributed by atoms with van der Waals surface area (Å²) in [5.41, 5.74) is -0.571. The first-order chi connectivity index (χ1) is 11.9. The van der Waals surface area contributed by atoms with Gasteiger partial charge in [-0.3, -0.25) is 4.90 Å². The largest absolute Gasteiger partial charge is 0.416 e. The Morgan fingerprint density at radius 1 is 1.16 bits per heavy atom. The van der Waals surface area contributed by atoms with Gasteiger partial charge in [-0.15, -0.1) is 0 Å². The molecule has 1 aliphatic heterocycles. The van der Waals surface area contributed by atoms with Crippen molar-refractivity contribution in [3.8, 4) is 0 Å². The van der Waals surface area contributed by atoms with Crippen LogP contribution in [-0.4, -0.2) is 55.6 Å². The second kappa shape index (κ2) is 8.96. The summed E-state index contributed by atoms with van der Waals surface area (Å²) in [7, 11) is 0. The van der Waals surface area contributed by atoms with E-state index in [1.165, 1.54) is 6.07 Å². The van der Waals surface area contributed by atoms with E-state index in [0.717, 1.165) is 51.9 Å². The molecule has 3 nitrogen and oxygen atoms in total. The van der Waals surface area contributed by atoms with Crippen molar-refractivity contribution in [1.82, 2.24) is 15.1 Å². The maximum Gasteiger partial charge on any atom is 0.416 e. The van der Waals surface area contributed by atoms with Crippen LogP contribution in [0.3, 0.4) is 0 Å². The standard InChI is InChI=1S/C18H27F4N3/c1-3-24(4-2)10-7-17(25-11-8-23-9-12-25)15-6-5-14(13-16(15)19)18(20,21)22/h5-6,13,17,23H,3-4,7-12H2,1-2H3. The van der Waals surface area contributed by atoms with Crippen molar-refractivity contribution >= 4 is 0 Å². The highest BCUT2D eigenvalue weighted by Gasteiger charge is 2.32. The Labute approximate surface area is 147 Å². The Morgan fingerprint density at radius 2 is 1.80 bits per heavy atom. The van der Waals surface area contributed by atoms with E-state index in [-0.39, 0.29) is 6.04 Å². The minimum absolute atomic E-state index is 0.204. The summed E-state index contributed by atoms with van der Waals surface area (Å²) in [5, 5.41) is 3.26. The van der Waals surface area contributed by atoms with Crippen LogP contribution in [-0.2, 0) is 6.18 Å². The topological polar surface area (TPSA) is 18.5 Å². The Kier molecular flexibility index (Phi) is 7.22. The summed E-state index contributed by atoms with van der Waals surface area (Å²) in [6.07, 6.45) is -3.82. The average molecular weight is 361 g/mol. The Balaban J connectivity index is 2.24. The molecule has 0 aromatic heterocycles. The molecular formula is C18H27F4N3. The minimum Gasteiger partial charge on any atom is -0.314 e. The van der Waals surface area contributed by atoms with E-state index in [1.807, 2.05) is 0 Å². The van der Waals surface area contributed by atoms with Gasteiger partial charge in [-0.05, 0) is 38.2 Å². The van der Waals surface area contributed by atoms with Gasteiger partial charge in [0.1, 0.15) is 5.82 Å². The zero-order chi connectivity index (χ0) is 18.4. The smallest absolute Gasteiger partial charge is 0.314 e. The molecule has 1 N–H and O–H groups in total. The lowest BCUT2D eigenvalue weighted by atomic mass is 9.98. The third-order valence-electron chi connectivity index (χ3n) is 4.89. The van der Waals surface area contributed by atoms with E-state index >= 15 is 0 Å². The number of halogens is 4. The summed E-state index contributed by atoms with van der Waals surface area (Å²) in [6, 6.07) is 2.73. The van der Waals surface area contributed by atoms with Crippen molar-refractivity contribution in [2.24, 2.45) is 0 Å². The lowest BCUT2D eigenvalue weighted by Crippen LogP contribution is -2.46. The predicted molar refractivity (Wildman–Crippen MR) is 91.0 cm³/mol. The summed E-state index contributed by atoms with van der Waals surface area (Å²) < 4.78 is 52.9. The van der Waals surface area contributed by atoms with Crippen LogP contribution >= 0.6 is 0 Å². The first-order valence-corrected chi connectivity index (χ1v) is 8.90. The van der Waals surface area contributed by atoms with Crippen molar-refractivity contribution in [3.05, 3.63) is 35.1 Å². The average Bonchev–Trinajstić information content (AvgIpc) is 2.59. The summed E-state index contributed by atoms with van der Waals surface area (Å²) >= 11 is 0. The van der Waals surface area contributed by atoms with Crippen LogP contribution in [0.15, 0.2) is 18.2 Å². The van der Waals surface area contributed by atoms with E-state index in [0.29, 0.717) is 18.1 Å². The molecule has 0 spiro atoms. The zero-order valence-electron chi connectivity index (χ0n) is 14.9. The number of hydrogen-bond acceptors (Lipinski definition) is 3. The predicted octanol–water partition coefficient (Wildman–Crippen LogP) is 3.52. The lowest BCUT2D eigenvalue weighted by Gasteiger charge is -2.36. The molecule has 142 valence electrons. The first-order valence-electron chi connectivity index (χ1n) is 8.90. The Hall–Kier alpha value is -1.18. The molecule has 25 heavy (non-hydrogen) atoms. The Morgan fingerprint density at radius 3 is 2.32 bits per heavy atom. The van der Waals surface area contributed by atoms with Gasteiger partial charge >= 0.3 is 6.18 Å². The van der Waals surface area contributed by atoms with E-state index in [2.05, 4.69) is 29.0 Å². The fraction of sp³-hybridized carbons (Fsp3) is 0.667. The minimum atomic E-state index is -4.52. The van der Waals surface area contributed by atoms with E-state index in [4.69, 9.17) is 0 Å². The molecule has 1 saturated heterocycles. The van der Waals surface area contributed by atoms with Gasteiger partial charge in [-0.2, -0.15) is 13.2 Å². The van der Waals surface area contributed by atoms with Gasteiger partial charge in [-0.1, -0.05) is 19.9 Å². The molecule has 1 fully saturated rings. The van der Waals surface area contributed by atoms with Crippen molar-refractivity contribution in [1.29, 1.82) is 0 Å². The molecule has 0 bridgehead atoms. The second-order valence-electron chi connectivity index (χ2n) is 6.35. The number of alkyl halides is 3. The quantitative estimate of drug-likeness (QED) is 0.750. The molecule has 7 heteroatoms. The van der Waals surface area contributed by atoms with E-state index in [1.54, 1.807) is 0 Å². The number of hydrogen-bond donors (Lipinski definition) is 1. The van der Waals surface area contributed by atoms with Crippen LogP contribution in [0.4, 0.5) is 17.6 Å². The van der Waals surface area contributed by atoms with Gasteiger partial charge in [-0.25, -0.2) is 4.39 Å². The van der Waals surface area contributed by atoms with Crippen LogP contribution in [0.2, 0.25) is 0 Å². The van der Waals surface area contributed by atoms with Gasteiger partial charge in [0.05, 0.1) is 5.56 Å². The monoisotopic (exact) mass is 361 g/mol. The molecule has 1 aliphatic rings. The fourth-order valence-electron chi connectivity index (χ4n) is 3.35. The lowest BCUT2D eigenvalue weighted by molar-refractivity contribution is -0.137. The molecule has 1 heterocycles. The van der Waals surface area contributed by atoms with Crippen LogP contribution in [0.25, 0.3) is 0 Å².